The number of likely N-dealkylation sites (tertiary alicyclic amines) is 1. The van der Waals surface area contributed by atoms with Crippen molar-refractivity contribution < 1.29 is 4.79 Å². The van der Waals surface area contributed by atoms with E-state index in [2.05, 4.69) is 10.6 Å². The van der Waals surface area contributed by atoms with Crippen LogP contribution < -0.4 is 10.6 Å². The van der Waals surface area contributed by atoms with E-state index < -0.39 is 0 Å². The van der Waals surface area contributed by atoms with Gasteiger partial charge in [0, 0.05) is 31.4 Å². The second-order valence-electron chi connectivity index (χ2n) is 4.43. The van der Waals surface area contributed by atoms with Gasteiger partial charge in [0.15, 0.2) is 5.96 Å². The van der Waals surface area contributed by atoms with Gasteiger partial charge in [0.1, 0.15) is 0 Å². The Morgan fingerprint density at radius 2 is 1.79 bits per heavy atom. The van der Waals surface area contributed by atoms with Crippen molar-refractivity contribution in [2.75, 3.05) is 23.7 Å². The largest absolute Gasteiger partial charge is 0.343 e. The van der Waals surface area contributed by atoms with Crippen LogP contribution in [0.25, 0.3) is 0 Å². The monoisotopic (exact) mass is 282 g/mol. The highest BCUT2D eigenvalue weighted by atomic mass is 35.5. The van der Waals surface area contributed by atoms with Gasteiger partial charge in [0.25, 0.3) is 0 Å². The number of hydrogen-bond acceptors (Lipinski definition) is 2. The highest BCUT2D eigenvalue weighted by molar-refractivity contribution is 5.93. The molecule has 1 aliphatic heterocycles. The molecule has 0 radical (unpaired) electrons. The van der Waals surface area contributed by atoms with Crippen molar-refractivity contribution in [2.24, 2.45) is 0 Å². The molecule has 0 aromatic heterocycles. The Hall–Kier alpha value is -1.75. The molecule has 1 amide bonds. The van der Waals surface area contributed by atoms with Crippen molar-refractivity contribution in [1.29, 1.82) is 5.41 Å². The van der Waals surface area contributed by atoms with Crippen LogP contribution in [0, 0.1) is 5.41 Å². The molecule has 2 rings (SSSR count). The minimum absolute atomic E-state index is 0. The number of benzene rings is 1. The van der Waals surface area contributed by atoms with Crippen LogP contribution in [0.15, 0.2) is 24.3 Å². The smallest absolute Gasteiger partial charge is 0.221 e. The molecule has 1 fully saturated rings. The second kappa shape index (κ2) is 6.99. The van der Waals surface area contributed by atoms with E-state index in [-0.39, 0.29) is 18.3 Å². The van der Waals surface area contributed by atoms with Gasteiger partial charge in [-0.05, 0) is 31.0 Å². The first-order valence-corrected chi connectivity index (χ1v) is 6.13. The highest BCUT2D eigenvalue weighted by Crippen LogP contribution is 2.16. The molecule has 0 atom stereocenters. The Labute approximate surface area is 119 Å². The number of carbonyl (C=O) groups is 1. The molecule has 3 N–H and O–H groups in total. The molecular formula is C13H19ClN4O. The number of hydrogen-bond donors (Lipinski definition) is 3. The van der Waals surface area contributed by atoms with Crippen molar-refractivity contribution >= 4 is 35.6 Å². The van der Waals surface area contributed by atoms with E-state index in [9.17, 15) is 4.79 Å². The lowest BCUT2D eigenvalue weighted by Gasteiger charge is -2.19. The number of nitrogens with one attached hydrogen (secondary N) is 3. The van der Waals surface area contributed by atoms with Crippen molar-refractivity contribution in [2.45, 2.75) is 19.8 Å². The molecule has 1 aliphatic rings. The Bertz CT molecular complexity index is 458. The number of carbonyl (C=O) groups excluding carboxylic acids is 1. The summed E-state index contributed by atoms with van der Waals surface area (Å²) < 4.78 is 0. The molecule has 1 aromatic carbocycles. The summed E-state index contributed by atoms with van der Waals surface area (Å²) in [6.07, 6.45) is 2.30. The molecule has 6 heteroatoms. The quantitative estimate of drug-likeness (QED) is 0.577. The van der Waals surface area contributed by atoms with Gasteiger partial charge in [-0.3, -0.25) is 10.2 Å². The molecule has 0 bridgehead atoms. The first-order chi connectivity index (χ1) is 8.65. The summed E-state index contributed by atoms with van der Waals surface area (Å²) in [5.74, 6) is 0.328. The number of guanidine groups is 1. The summed E-state index contributed by atoms with van der Waals surface area (Å²) in [4.78, 5) is 13.0. The lowest BCUT2D eigenvalue weighted by atomic mass is 10.2. The predicted molar refractivity (Wildman–Crippen MR) is 80.2 cm³/mol. The molecule has 1 aromatic rings. The van der Waals surface area contributed by atoms with Crippen LogP contribution in [-0.4, -0.2) is 29.9 Å². The zero-order valence-corrected chi connectivity index (χ0v) is 11.7. The third-order valence-corrected chi connectivity index (χ3v) is 2.87. The van der Waals surface area contributed by atoms with E-state index >= 15 is 0 Å². The van der Waals surface area contributed by atoms with Gasteiger partial charge in [0.05, 0.1) is 0 Å². The molecule has 0 unspecified atom stereocenters. The lowest BCUT2D eigenvalue weighted by Crippen LogP contribution is -2.32. The molecule has 5 nitrogen and oxygen atoms in total. The van der Waals surface area contributed by atoms with E-state index in [1.807, 2.05) is 29.2 Å². The third-order valence-electron chi connectivity index (χ3n) is 2.87. The van der Waals surface area contributed by atoms with Gasteiger partial charge in [-0.15, -0.1) is 12.4 Å². The van der Waals surface area contributed by atoms with Crippen molar-refractivity contribution in [1.82, 2.24) is 4.90 Å². The number of nitrogens with zero attached hydrogens (tertiary/aromatic N) is 1. The Balaban J connectivity index is 0.00000180. The number of halogens is 1. The fourth-order valence-electron chi connectivity index (χ4n) is 2.03. The average molecular weight is 283 g/mol. The molecule has 0 spiro atoms. The van der Waals surface area contributed by atoms with Crippen LogP contribution >= 0.6 is 12.4 Å². The van der Waals surface area contributed by atoms with Gasteiger partial charge in [-0.25, -0.2) is 0 Å². The topological polar surface area (TPSA) is 68.2 Å². The van der Waals surface area contributed by atoms with Crippen LogP contribution in [-0.2, 0) is 4.79 Å². The van der Waals surface area contributed by atoms with E-state index in [1.165, 1.54) is 6.92 Å². The molecule has 104 valence electrons. The van der Waals surface area contributed by atoms with Crippen molar-refractivity contribution in [3.8, 4) is 0 Å². The molecule has 19 heavy (non-hydrogen) atoms. The van der Waals surface area contributed by atoms with Gasteiger partial charge in [-0.1, -0.05) is 6.07 Å². The molecule has 1 heterocycles. The van der Waals surface area contributed by atoms with Crippen molar-refractivity contribution in [3.63, 3.8) is 0 Å². The fourth-order valence-corrected chi connectivity index (χ4v) is 2.03. The second-order valence-corrected chi connectivity index (χ2v) is 4.43. The number of anilines is 2. The molecular weight excluding hydrogens is 264 g/mol. The van der Waals surface area contributed by atoms with Crippen LogP contribution in [0.3, 0.4) is 0 Å². The standard InChI is InChI=1S/C13H18N4O.ClH/c1-10(18)15-11-5-4-6-12(9-11)16-13(14)17-7-2-3-8-17;/h4-6,9H,2-3,7-8H2,1H3,(H2,14,16)(H,15,18);1H. The SMILES string of the molecule is CC(=O)Nc1cccc(NC(=N)N2CCCC2)c1.Cl. The molecule has 1 saturated heterocycles. The first kappa shape index (κ1) is 15.3. The summed E-state index contributed by atoms with van der Waals surface area (Å²) in [6.45, 7) is 3.36. The maximum atomic E-state index is 11.0. The van der Waals surface area contributed by atoms with E-state index in [4.69, 9.17) is 5.41 Å². The number of rotatable bonds is 2. The van der Waals surface area contributed by atoms with E-state index in [0.717, 1.165) is 37.3 Å². The Morgan fingerprint density at radius 3 is 2.37 bits per heavy atom. The predicted octanol–water partition coefficient (Wildman–Crippen LogP) is 2.51. The first-order valence-electron chi connectivity index (χ1n) is 6.13. The zero-order valence-electron chi connectivity index (χ0n) is 10.9. The normalized spacial score (nSPS) is 13.6. The maximum Gasteiger partial charge on any atom is 0.221 e. The summed E-state index contributed by atoms with van der Waals surface area (Å²) in [7, 11) is 0. The van der Waals surface area contributed by atoms with Crippen LogP contribution in [0.2, 0.25) is 0 Å². The van der Waals surface area contributed by atoms with E-state index in [1.54, 1.807) is 0 Å². The Kier molecular flexibility index (Phi) is 5.63. The van der Waals surface area contributed by atoms with Gasteiger partial charge < -0.3 is 15.5 Å². The van der Waals surface area contributed by atoms with Crippen LogP contribution in [0.1, 0.15) is 19.8 Å². The highest BCUT2D eigenvalue weighted by Gasteiger charge is 2.14. The molecule has 0 saturated carbocycles. The Morgan fingerprint density at radius 1 is 1.21 bits per heavy atom. The van der Waals surface area contributed by atoms with Crippen LogP contribution in [0.4, 0.5) is 11.4 Å². The summed E-state index contributed by atoms with van der Waals surface area (Å²) in [5.41, 5.74) is 1.56. The summed E-state index contributed by atoms with van der Waals surface area (Å²) in [5, 5.41) is 13.7. The number of amides is 1. The summed E-state index contributed by atoms with van der Waals surface area (Å²) >= 11 is 0. The van der Waals surface area contributed by atoms with Gasteiger partial charge in [0.2, 0.25) is 5.91 Å². The summed E-state index contributed by atoms with van der Waals surface area (Å²) in [6, 6.07) is 7.39. The zero-order chi connectivity index (χ0) is 13.0. The van der Waals surface area contributed by atoms with Crippen LogP contribution in [0.5, 0.6) is 0 Å². The maximum absolute atomic E-state index is 11.0. The van der Waals surface area contributed by atoms with E-state index in [0.29, 0.717) is 5.96 Å². The van der Waals surface area contributed by atoms with Gasteiger partial charge in [-0.2, -0.15) is 0 Å². The minimum atomic E-state index is -0.0956. The third kappa shape index (κ3) is 4.44. The molecule has 0 aliphatic carbocycles. The fraction of sp³-hybridized carbons (Fsp3) is 0.385. The lowest BCUT2D eigenvalue weighted by molar-refractivity contribution is -0.114. The van der Waals surface area contributed by atoms with Gasteiger partial charge >= 0.3 is 0 Å². The van der Waals surface area contributed by atoms with Crippen molar-refractivity contribution in [3.05, 3.63) is 24.3 Å². The average Bonchev–Trinajstić information content (AvgIpc) is 2.81. The minimum Gasteiger partial charge on any atom is -0.343 e.